The Labute approximate surface area is 122 Å². The summed E-state index contributed by atoms with van der Waals surface area (Å²) in [4.78, 5) is 0. The molecule has 0 saturated carbocycles. The van der Waals surface area contributed by atoms with Crippen molar-refractivity contribution in [1.82, 2.24) is 5.16 Å². The van der Waals surface area contributed by atoms with Crippen LogP contribution in [0.5, 0.6) is 11.5 Å². The fraction of sp³-hybridized carbons (Fsp3) is 0.357. The van der Waals surface area contributed by atoms with Gasteiger partial charge in [-0.25, -0.2) is 0 Å². The molecule has 5 nitrogen and oxygen atoms in total. The second kappa shape index (κ2) is 5.63. The molecule has 0 radical (unpaired) electrons. The van der Waals surface area contributed by atoms with E-state index >= 15 is 0 Å². The molecule has 0 unspecified atom stereocenters. The number of nitrogen functional groups attached to an aromatic ring is 1. The van der Waals surface area contributed by atoms with E-state index in [9.17, 15) is 0 Å². The van der Waals surface area contributed by atoms with Crippen LogP contribution in [-0.2, 0) is 0 Å². The first-order chi connectivity index (χ1) is 9.49. The summed E-state index contributed by atoms with van der Waals surface area (Å²) in [7, 11) is 3.17. The molecule has 1 aromatic heterocycles. The third-order valence-electron chi connectivity index (χ3n) is 3.01. The summed E-state index contributed by atoms with van der Waals surface area (Å²) in [5.74, 6) is 2.19. The molecule has 1 aromatic carbocycles. The lowest BCUT2D eigenvalue weighted by Crippen LogP contribution is -2.01. The van der Waals surface area contributed by atoms with Crippen LogP contribution < -0.4 is 15.2 Å². The van der Waals surface area contributed by atoms with E-state index in [4.69, 9.17) is 31.3 Å². The number of hydrogen-bond acceptors (Lipinski definition) is 5. The van der Waals surface area contributed by atoms with Crippen LogP contribution >= 0.6 is 11.6 Å². The van der Waals surface area contributed by atoms with Crippen LogP contribution in [0, 0.1) is 0 Å². The third kappa shape index (κ3) is 2.41. The highest BCUT2D eigenvalue weighted by atomic mass is 35.5. The number of methoxy groups -OCH3 is 2. The van der Waals surface area contributed by atoms with Gasteiger partial charge in [-0.1, -0.05) is 30.6 Å². The summed E-state index contributed by atoms with van der Waals surface area (Å²) in [6, 6.07) is 3.33. The van der Waals surface area contributed by atoms with Crippen LogP contribution in [-0.4, -0.2) is 19.4 Å². The molecule has 1 heterocycles. The molecule has 0 spiro atoms. The molecule has 2 aromatic rings. The number of anilines is 1. The zero-order valence-corrected chi connectivity index (χ0v) is 12.6. The van der Waals surface area contributed by atoms with E-state index in [1.54, 1.807) is 26.4 Å². The van der Waals surface area contributed by atoms with Crippen molar-refractivity contribution in [3.8, 4) is 22.8 Å². The van der Waals surface area contributed by atoms with Gasteiger partial charge in [-0.2, -0.15) is 0 Å². The van der Waals surface area contributed by atoms with E-state index in [0.29, 0.717) is 28.1 Å². The van der Waals surface area contributed by atoms with Gasteiger partial charge in [0.25, 0.3) is 0 Å². The second-order valence-corrected chi connectivity index (χ2v) is 5.06. The average Bonchev–Trinajstić information content (AvgIpc) is 2.83. The topological polar surface area (TPSA) is 70.5 Å². The van der Waals surface area contributed by atoms with Crippen LogP contribution in [0.2, 0.25) is 5.02 Å². The maximum Gasteiger partial charge on any atom is 0.170 e. The van der Waals surface area contributed by atoms with Gasteiger partial charge < -0.3 is 19.7 Å². The SMILES string of the molecule is COc1cc(Cl)c(-c2cc(N)no2)c(C(C)C)c1OC. The Morgan fingerprint density at radius 3 is 2.40 bits per heavy atom. The van der Waals surface area contributed by atoms with Crippen molar-refractivity contribution < 1.29 is 14.0 Å². The Bertz CT molecular complexity index is 623. The summed E-state index contributed by atoms with van der Waals surface area (Å²) in [5, 5.41) is 4.21. The first kappa shape index (κ1) is 14.5. The smallest absolute Gasteiger partial charge is 0.170 e. The van der Waals surface area contributed by atoms with Crippen LogP contribution in [0.25, 0.3) is 11.3 Å². The number of halogens is 1. The summed E-state index contributed by atoms with van der Waals surface area (Å²) in [5.41, 5.74) is 7.24. The minimum atomic E-state index is 0.152. The molecule has 108 valence electrons. The molecule has 0 bridgehead atoms. The van der Waals surface area contributed by atoms with Gasteiger partial charge in [0, 0.05) is 23.3 Å². The molecule has 0 aliphatic heterocycles. The number of hydrogen-bond donors (Lipinski definition) is 1. The van der Waals surface area contributed by atoms with E-state index in [1.807, 2.05) is 13.8 Å². The van der Waals surface area contributed by atoms with Crippen LogP contribution in [0.1, 0.15) is 25.3 Å². The van der Waals surface area contributed by atoms with Crippen LogP contribution in [0.3, 0.4) is 0 Å². The maximum absolute atomic E-state index is 6.37. The predicted molar refractivity (Wildman–Crippen MR) is 78.6 cm³/mol. The molecule has 0 aliphatic carbocycles. The van der Waals surface area contributed by atoms with Crippen molar-refractivity contribution in [1.29, 1.82) is 0 Å². The fourth-order valence-corrected chi connectivity index (χ4v) is 2.49. The average molecular weight is 297 g/mol. The van der Waals surface area contributed by atoms with Crippen molar-refractivity contribution in [3.63, 3.8) is 0 Å². The number of rotatable bonds is 4. The Morgan fingerprint density at radius 1 is 1.25 bits per heavy atom. The quantitative estimate of drug-likeness (QED) is 0.931. The molecule has 6 heteroatoms. The Morgan fingerprint density at radius 2 is 1.95 bits per heavy atom. The van der Waals surface area contributed by atoms with Crippen LogP contribution in [0.15, 0.2) is 16.7 Å². The number of ether oxygens (including phenoxy) is 2. The Kier molecular flexibility index (Phi) is 4.09. The van der Waals surface area contributed by atoms with E-state index in [2.05, 4.69) is 5.16 Å². The number of nitrogens with zero attached hydrogens (tertiary/aromatic N) is 1. The van der Waals surface area contributed by atoms with Crippen molar-refractivity contribution >= 4 is 17.4 Å². The Hall–Kier alpha value is -1.88. The largest absolute Gasteiger partial charge is 0.493 e. The van der Waals surface area contributed by atoms with Gasteiger partial charge >= 0.3 is 0 Å². The van der Waals surface area contributed by atoms with Crippen LogP contribution in [0.4, 0.5) is 5.82 Å². The van der Waals surface area contributed by atoms with Gasteiger partial charge in [0.05, 0.1) is 19.2 Å². The van der Waals surface area contributed by atoms with Gasteiger partial charge in [0.1, 0.15) is 0 Å². The highest BCUT2D eigenvalue weighted by molar-refractivity contribution is 6.33. The van der Waals surface area contributed by atoms with E-state index in [-0.39, 0.29) is 5.92 Å². The van der Waals surface area contributed by atoms with E-state index in [1.165, 1.54) is 0 Å². The molecule has 0 amide bonds. The zero-order chi connectivity index (χ0) is 14.9. The molecule has 2 rings (SSSR count). The molecule has 0 atom stereocenters. The standard InChI is InChI=1S/C14H17ClN2O3/c1-7(2)12-13(9-6-11(16)17-20-9)8(15)5-10(18-3)14(12)19-4/h5-7H,1-4H3,(H2,16,17). The predicted octanol–water partition coefficient (Wildman–Crippen LogP) is 3.72. The lowest BCUT2D eigenvalue weighted by molar-refractivity contribution is 0.350. The van der Waals surface area contributed by atoms with Crippen molar-refractivity contribution in [2.45, 2.75) is 19.8 Å². The number of benzene rings is 1. The number of aromatic nitrogens is 1. The number of nitrogens with two attached hydrogens (primary N) is 1. The lowest BCUT2D eigenvalue weighted by Gasteiger charge is -2.19. The third-order valence-corrected chi connectivity index (χ3v) is 3.31. The zero-order valence-electron chi connectivity index (χ0n) is 11.9. The fourth-order valence-electron chi connectivity index (χ4n) is 2.20. The van der Waals surface area contributed by atoms with Crippen molar-refractivity contribution in [3.05, 3.63) is 22.7 Å². The van der Waals surface area contributed by atoms with Gasteiger partial charge in [-0.3, -0.25) is 0 Å². The highest BCUT2D eigenvalue weighted by Gasteiger charge is 2.24. The molecule has 0 saturated heterocycles. The monoisotopic (exact) mass is 296 g/mol. The van der Waals surface area contributed by atoms with Crippen molar-refractivity contribution in [2.24, 2.45) is 0 Å². The Balaban J connectivity index is 2.78. The second-order valence-electron chi connectivity index (χ2n) is 4.65. The highest BCUT2D eigenvalue weighted by Crippen LogP contribution is 2.46. The van der Waals surface area contributed by atoms with Gasteiger partial charge in [0.15, 0.2) is 23.1 Å². The normalized spacial score (nSPS) is 10.9. The van der Waals surface area contributed by atoms with E-state index < -0.39 is 0 Å². The van der Waals surface area contributed by atoms with Gasteiger partial charge in [0.2, 0.25) is 0 Å². The molecule has 2 N–H and O–H groups in total. The summed E-state index contributed by atoms with van der Waals surface area (Å²) >= 11 is 6.37. The molecule has 20 heavy (non-hydrogen) atoms. The lowest BCUT2D eigenvalue weighted by atomic mass is 9.94. The minimum absolute atomic E-state index is 0.152. The molecular formula is C14H17ClN2O3. The first-order valence-electron chi connectivity index (χ1n) is 6.16. The van der Waals surface area contributed by atoms with Crippen molar-refractivity contribution in [2.75, 3.05) is 20.0 Å². The molecule has 0 fully saturated rings. The maximum atomic E-state index is 6.37. The van der Waals surface area contributed by atoms with Gasteiger partial charge in [-0.15, -0.1) is 0 Å². The summed E-state index contributed by atoms with van der Waals surface area (Å²) < 4.78 is 16.0. The summed E-state index contributed by atoms with van der Waals surface area (Å²) in [6.07, 6.45) is 0. The molecular weight excluding hydrogens is 280 g/mol. The summed E-state index contributed by atoms with van der Waals surface area (Å²) in [6.45, 7) is 4.08. The molecule has 0 aliphatic rings. The minimum Gasteiger partial charge on any atom is -0.493 e. The van der Waals surface area contributed by atoms with Gasteiger partial charge in [-0.05, 0) is 5.92 Å². The van der Waals surface area contributed by atoms with E-state index in [0.717, 1.165) is 11.1 Å². The first-order valence-corrected chi connectivity index (χ1v) is 6.54.